The Kier molecular flexibility index (Phi) is 4.72. The van der Waals surface area contributed by atoms with E-state index in [4.69, 9.17) is 15.7 Å². The van der Waals surface area contributed by atoms with Gasteiger partial charge in [-0.3, -0.25) is 0 Å². The molecular weight excluding hydrogens is 272 g/mol. The highest BCUT2D eigenvalue weighted by atomic mass is 16.5. The minimum atomic E-state index is 0.0622. The maximum Gasteiger partial charge on any atom is 0.170 e. The summed E-state index contributed by atoms with van der Waals surface area (Å²) < 4.78 is 7.15. The van der Waals surface area contributed by atoms with Gasteiger partial charge < -0.3 is 25.6 Å². The van der Waals surface area contributed by atoms with Crippen LogP contribution in [-0.2, 0) is 20.1 Å². The summed E-state index contributed by atoms with van der Waals surface area (Å²) >= 11 is 0. The topological polar surface area (TPSA) is 111 Å². The summed E-state index contributed by atoms with van der Waals surface area (Å²) in [6.07, 6.45) is 1.65. The van der Waals surface area contributed by atoms with E-state index in [1.807, 2.05) is 17.7 Å². The molecule has 0 aliphatic carbocycles. The smallest absolute Gasteiger partial charge is 0.170 e. The summed E-state index contributed by atoms with van der Waals surface area (Å²) in [5, 5.41) is 22.8. The molecule has 0 unspecified atom stereocenters. The first-order chi connectivity index (χ1) is 10.2. The molecule has 8 heteroatoms. The second kappa shape index (κ2) is 6.71. The van der Waals surface area contributed by atoms with Gasteiger partial charge >= 0.3 is 0 Å². The molecule has 4 N–H and O–H groups in total. The van der Waals surface area contributed by atoms with Crippen molar-refractivity contribution in [2.24, 2.45) is 17.9 Å². The largest absolute Gasteiger partial charge is 0.496 e. The minimum absolute atomic E-state index is 0.0622. The minimum Gasteiger partial charge on any atom is -0.496 e. The number of aryl methyl sites for hydroxylation is 1. The molecule has 0 radical (unpaired) electrons. The molecule has 0 atom stereocenters. The van der Waals surface area contributed by atoms with Gasteiger partial charge in [-0.15, -0.1) is 10.2 Å². The Morgan fingerprint density at radius 3 is 2.90 bits per heavy atom. The normalized spacial score (nSPS) is 11.6. The van der Waals surface area contributed by atoms with Crippen LogP contribution in [0, 0.1) is 0 Å². The third-order valence-electron chi connectivity index (χ3n) is 3.09. The number of hydrogen-bond donors (Lipinski definition) is 3. The fraction of sp³-hybridized carbons (Fsp3) is 0.308. The van der Waals surface area contributed by atoms with Crippen LogP contribution in [0.5, 0.6) is 5.75 Å². The van der Waals surface area contributed by atoms with Gasteiger partial charge in [-0.25, -0.2) is 0 Å². The molecule has 0 bridgehead atoms. The van der Waals surface area contributed by atoms with Crippen LogP contribution in [0.1, 0.15) is 17.0 Å². The molecule has 0 amide bonds. The highest BCUT2D eigenvalue weighted by molar-refractivity contribution is 5.97. The molecule has 8 nitrogen and oxygen atoms in total. The van der Waals surface area contributed by atoms with Crippen molar-refractivity contribution in [1.29, 1.82) is 0 Å². The molecular formula is C13H18N6O2. The van der Waals surface area contributed by atoms with Crippen molar-refractivity contribution in [2.45, 2.75) is 13.1 Å². The van der Waals surface area contributed by atoms with Crippen molar-refractivity contribution < 1.29 is 9.94 Å². The summed E-state index contributed by atoms with van der Waals surface area (Å²) in [7, 11) is 3.49. The van der Waals surface area contributed by atoms with E-state index in [9.17, 15) is 0 Å². The third-order valence-corrected chi connectivity index (χ3v) is 3.09. The summed E-state index contributed by atoms with van der Waals surface area (Å²) in [5.74, 6) is 1.63. The number of nitrogens with zero attached hydrogens (tertiary/aromatic N) is 4. The number of aromatic nitrogens is 3. The summed E-state index contributed by atoms with van der Waals surface area (Å²) in [4.78, 5) is 0. The van der Waals surface area contributed by atoms with E-state index in [1.165, 1.54) is 0 Å². The predicted octanol–water partition coefficient (Wildman–Crippen LogP) is 0.208. The average molecular weight is 290 g/mol. The molecule has 0 spiro atoms. The fourth-order valence-corrected chi connectivity index (χ4v) is 1.91. The second-order valence-electron chi connectivity index (χ2n) is 4.47. The molecule has 0 saturated carbocycles. The lowest BCUT2D eigenvalue weighted by Gasteiger charge is -2.11. The van der Waals surface area contributed by atoms with Crippen molar-refractivity contribution in [1.82, 2.24) is 20.1 Å². The molecule has 1 aromatic carbocycles. The van der Waals surface area contributed by atoms with Crippen molar-refractivity contribution in [3.05, 3.63) is 41.5 Å². The Morgan fingerprint density at radius 1 is 1.48 bits per heavy atom. The summed E-state index contributed by atoms with van der Waals surface area (Å²) in [5.41, 5.74) is 7.14. The lowest BCUT2D eigenvalue weighted by molar-refractivity contribution is 0.318. The number of rotatable bonds is 6. The highest BCUT2D eigenvalue weighted by Gasteiger charge is 2.08. The first-order valence-corrected chi connectivity index (χ1v) is 6.34. The molecule has 2 aromatic rings. The lowest BCUT2D eigenvalue weighted by atomic mass is 10.1. The molecule has 1 aromatic heterocycles. The Hall–Kier alpha value is -2.61. The number of nitrogens with one attached hydrogen (secondary N) is 1. The van der Waals surface area contributed by atoms with Crippen molar-refractivity contribution >= 4 is 5.84 Å². The van der Waals surface area contributed by atoms with Crippen LogP contribution in [0.4, 0.5) is 0 Å². The van der Waals surface area contributed by atoms with E-state index in [-0.39, 0.29) is 5.84 Å². The van der Waals surface area contributed by atoms with Gasteiger partial charge in [0.05, 0.1) is 13.7 Å². The van der Waals surface area contributed by atoms with Crippen LogP contribution in [0.3, 0.4) is 0 Å². The number of methoxy groups -OCH3 is 1. The van der Waals surface area contributed by atoms with Gasteiger partial charge in [0, 0.05) is 24.7 Å². The van der Waals surface area contributed by atoms with E-state index in [0.717, 1.165) is 17.1 Å². The average Bonchev–Trinajstić information content (AvgIpc) is 2.91. The van der Waals surface area contributed by atoms with Crippen molar-refractivity contribution in [2.75, 3.05) is 7.11 Å². The SMILES string of the molecule is COc1ccc(/C(N)=N/O)cc1CNCc1nncn1C. The van der Waals surface area contributed by atoms with Crippen LogP contribution in [-0.4, -0.2) is 32.9 Å². The number of benzene rings is 1. The van der Waals surface area contributed by atoms with E-state index in [2.05, 4.69) is 20.7 Å². The molecule has 2 rings (SSSR count). The monoisotopic (exact) mass is 290 g/mol. The zero-order valence-corrected chi connectivity index (χ0v) is 11.9. The van der Waals surface area contributed by atoms with E-state index in [1.54, 1.807) is 25.6 Å². The number of ether oxygens (including phenoxy) is 1. The van der Waals surface area contributed by atoms with E-state index < -0.39 is 0 Å². The van der Waals surface area contributed by atoms with Gasteiger partial charge in [-0.05, 0) is 18.2 Å². The summed E-state index contributed by atoms with van der Waals surface area (Å²) in [6.45, 7) is 1.13. The van der Waals surface area contributed by atoms with Gasteiger partial charge in [0.15, 0.2) is 5.84 Å². The Morgan fingerprint density at radius 2 is 2.29 bits per heavy atom. The van der Waals surface area contributed by atoms with Gasteiger partial charge in [0.2, 0.25) is 0 Å². The highest BCUT2D eigenvalue weighted by Crippen LogP contribution is 2.19. The van der Waals surface area contributed by atoms with Gasteiger partial charge in [-0.2, -0.15) is 0 Å². The van der Waals surface area contributed by atoms with Gasteiger partial charge in [0.25, 0.3) is 0 Å². The van der Waals surface area contributed by atoms with Crippen LogP contribution in [0.15, 0.2) is 29.7 Å². The van der Waals surface area contributed by atoms with Gasteiger partial charge in [0.1, 0.15) is 17.9 Å². The van der Waals surface area contributed by atoms with Crippen molar-refractivity contribution in [3.63, 3.8) is 0 Å². The molecule has 21 heavy (non-hydrogen) atoms. The fourth-order valence-electron chi connectivity index (χ4n) is 1.91. The standard InChI is InChI=1S/C13H18N6O2/c1-19-8-16-17-12(19)7-15-6-10-5-9(13(14)18-20)3-4-11(10)21-2/h3-5,8,15,20H,6-7H2,1-2H3,(H2,14,18). The Bertz CT molecular complexity index is 637. The van der Waals surface area contributed by atoms with Crippen molar-refractivity contribution in [3.8, 4) is 5.75 Å². The number of nitrogens with two attached hydrogens (primary N) is 1. The first kappa shape index (κ1) is 14.8. The molecule has 112 valence electrons. The van der Waals surface area contributed by atoms with Crippen LogP contribution < -0.4 is 15.8 Å². The van der Waals surface area contributed by atoms with E-state index in [0.29, 0.717) is 18.7 Å². The summed E-state index contributed by atoms with van der Waals surface area (Å²) in [6, 6.07) is 5.34. The Balaban J connectivity index is 2.09. The first-order valence-electron chi connectivity index (χ1n) is 6.34. The molecule has 0 aliphatic heterocycles. The third kappa shape index (κ3) is 3.48. The second-order valence-corrected chi connectivity index (χ2v) is 4.47. The maximum atomic E-state index is 8.74. The van der Waals surface area contributed by atoms with E-state index >= 15 is 0 Å². The van der Waals surface area contributed by atoms with Crippen LogP contribution >= 0.6 is 0 Å². The maximum absolute atomic E-state index is 8.74. The quantitative estimate of drug-likeness (QED) is 0.303. The zero-order chi connectivity index (χ0) is 15.2. The van der Waals surface area contributed by atoms with Gasteiger partial charge in [-0.1, -0.05) is 5.16 Å². The Labute approximate surface area is 122 Å². The predicted molar refractivity (Wildman–Crippen MR) is 77.1 cm³/mol. The number of amidine groups is 1. The number of oxime groups is 1. The zero-order valence-electron chi connectivity index (χ0n) is 11.9. The van der Waals surface area contributed by atoms with Crippen LogP contribution in [0.25, 0.3) is 0 Å². The lowest BCUT2D eigenvalue weighted by Crippen LogP contribution is -2.18. The number of hydrogen-bond acceptors (Lipinski definition) is 6. The molecule has 0 fully saturated rings. The van der Waals surface area contributed by atoms with Crippen LogP contribution in [0.2, 0.25) is 0 Å². The molecule has 0 saturated heterocycles. The molecule has 1 heterocycles. The molecule has 0 aliphatic rings.